The van der Waals surface area contributed by atoms with Crippen molar-refractivity contribution in [1.29, 1.82) is 0 Å². The van der Waals surface area contributed by atoms with Crippen molar-refractivity contribution in [2.45, 2.75) is 13.8 Å². The molecule has 1 aliphatic rings. The average molecular weight is 515 g/mol. The summed E-state index contributed by atoms with van der Waals surface area (Å²) in [7, 11) is 0. The maximum atomic E-state index is 12.9. The molecule has 9 heteroatoms. The molecule has 0 N–H and O–H groups in total. The maximum Gasteiger partial charge on any atom is 0.280 e. The first kappa shape index (κ1) is 21.5. The van der Waals surface area contributed by atoms with E-state index >= 15 is 0 Å². The molecule has 1 aromatic heterocycles. The molecular weight excluding hydrogens is 500 g/mol. The Bertz CT molecular complexity index is 1280. The standard InChI is InChI=1S/C22H15BrN2O4S2/c1-12-8-17(18(25(27)28)9-13(12)2)19-7-6-16(29-19)11-20-21(26)24(22(30)31-20)15-5-3-4-14(23)10-15/h3-11H,1-2H3/b20-11-. The zero-order valence-electron chi connectivity index (χ0n) is 16.4. The third-order valence-corrected chi connectivity index (χ3v) is 6.63. The Balaban J connectivity index is 1.67. The van der Waals surface area contributed by atoms with E-state index < -0.39 is 4.92 Å². The number of aryl methyl sites for hydroxylation is 2. The number of carbonyl (C=O) groups excluding carboxylic acids is 1. The van der Waals surface area contributed by atoms with Crippen LogP contribution in [0.1, 0.15) is 16.9 Å². The highest BCUT2D eigenvalue weighted by atomic mass is 79.9. The van der Waals surface area contributed by atoms with Crippen LogP contribution in [-0.2, 0) is 4.79 Å². The van der Waals surface area contributed by atoms with E-state index in [9.17, 15) is 14.9 Å². The van der Waals surface area contributed by atoms with Crippen LogP contribution < -0.4 is 4.90 Å². The van der Waals surface area contributed by atoms with E-state index in [0.717, 1.165) is 15.6 Å². The van der Waals surface area contributed by atoms with Gasteiger partial charge in [0, 0.05) is 16.6 Å². The Morgan fingerprint density at radius 2 is 1.90 bits per heavy atom. The van der Waals surface area contributed by atoms with Crippen LogP contribution in [0.3, 0.4) is 0 Å². The van der Waals surface area contributed by atoms with Gasteiger partial charge in [-0.3, -0.25) is 19.8 Å². The van der Waals surface area contributed by atoms with Gasteiger partial charge in [-0.1, -0.05) is 46.0 Å². The topological polar surface area (TPSA) is 76.6 Å². The first-order valence-corrected chi connectivity index (χ1v) is 11.2. The lowest BCUT2D eigenvalue weighted by Gasteiger charge is -2.14. The number of nitrogens with zero attached hydrogens (tertiary/aromatic N) is 2. The lowest BCUT2D eigenvalue weighted by Crippen LogP contribution is -2.27. The summed E-state index contributed by atoms with van der Waals surface area (Å²) in [4.78, 5) is 25.9. The van der Waals surface area contributed by atoms with Gasteiger partial charge in [-0.15, -0.1) is 0 Å². The molecule has 156 valence electrons. The van der Waals surface area contributed by atoms with Gasteiger partial charge in [-0.2, -0.15) is 0 Å². The van der Waals surface area contributed by atoms with Crippen molar-refractivity contribution in [3.05, 3.63) is 84.9 Å². The summed E-state index contributed by atoms with van der Waals surface area (Å²) in [5, 5.41) is 11.5. The van der Waals surface area contributed by atoms with Crippen LogP contribution >= 0.6 is 39.9 Å². The lowest BCUT2D eigenvalue weighted by molar-refractivity contribution is -0.384. The second kappa shape index (κ2) is 8.41. The van der Waals surface area contributed by atoms with Gasteiger partial charge in [0.2, 0.25) is 0 Å². The van der Waals surface area contributed by atoms with Crippen molar-refractivity contribution >= 4 is 67.6 Å². The molecule has 0 spiro atoms. The van der Waals surface area contributed by atoms with Crippen LogP contribution in [0.4, 0.5) is 11.4 Å². The molecule has 0 bridgehead atoms. The van der Waals surface area contributed by atoms with Crippen LogP contribution in [0, 0.1) is 24.0 Å². The van der Waals surface area contributed by atoms with Gasteiger partial charge in [0.25, 0.3) is 11.6 Å². The molecule has 1 fully saturated rings. The summed E-state index contributed by atoms with van der Waals surface area (Å²) in [6, 6.07) is 13.9. The van der Waals surface area contributed by atoms with Gasteiger partial charge in [-0.25, -0.2) is 0 Å². The Kier molecular flexibility index (Phi) is 5.83. The molecule has 3 aromatic rings. The maximum absolute atomic E-state index is 12.9. The number of hydrogen-bond donors (Lipinski definition) is 0. The lowest BCUT2D eigenvalue weighted by atomic mass is 10.0. The number of nitro benzene ring substituents is 1. The third kappa shape index (κ3) is 4.21. The molecule has 1 aliphatic heterocycles. The molecule has 1 amide bonds. The van der Waals surface area contributed by atoms with Crippen molar-refractivity contribution in [1.82, 2.24) is 0 Å². The number of halogens is 1. The Hall–Kier alpha value is -2.75. The number of rotatable bonds is 4. The predicted molar refractivity (Wildman–Crippen MR) is 130 cm³/mol. The number of anilines is 1. The van der Waals surface area contributed by atoms with Crippen molar-refractivity contribution in [3.8, 4) is 11.3 Å². The van der Waals surface area contributed by atoms with E-state index in [-0.39, 0.29) is 11.6 Å². The largest absolute Gasteiger partial charge is 0.456 e. The molecule has 1 saturated heterocycles. The molecule has 31 heavy (non-hydrogen) atoms. The second-order valence-electron chi connectivity index (χ2n) is 6.91. The SMILES string of the molecule is Cc1cc(-c2ccc(/C=C3\SC(=S)N(c4cccc(Br)c4)C3=O)o2)c([N+](=O)[O-])cc1C. The highest BCUT2D eigenvalue weighted by molar-refractivity contribution is 9.10. The number of hydrogen-bond acceptors (Lipinski definition) is 6. The zero-order chi connectivity index (χ0) is 22.3. The molecule has 0 saturated carbocycles. The normalized spacial score (nSPS) is 15.2. The number of nitro groups is 1. The summed E-state index contributed by atoms with van der Waals surface area (Å²) in [5.41, 5.74) is 2.80. The minimum atomic E-state index is -0.424. The van der Waals surface area contributed by atoms with E-state index in [1.807, 2.05) is 38.1 Å². The molecule has 0 radical (unpaired) electrons. The van der Waals surface area contributed by atoms with Crippen LogP contribution in [0.2, 0.25) is 0 Å². The molecule has 2 heterocycles. The van der Waals surface area contributed by atoms with Gasteiger partial charge < -0.3 is 4.42 Å². The first-order valence-electron chi connectivity index (χ1n) is 9.14. The van der Waals surface area contributed by atoms with Crippen molar-refractivity contribution in [2.75, 3.05) is 4.90 Å². The van der Waals surface area contributed by atoms with Crippen molar-refractivity contribution in [3.63, 3.8) is 0 Å². The highest BCUT2D eigenvalue weighted by Gasteiger charge is 2.33. The van der Waals surface area contributed by atoms with Gasteiger partial charge in [-0.05, 0) is 61.4 Å². The Labute approximate surface area is 196 Å². The van der Waals surface area contributed by atoms with Gasteiger partial charge in [0.15, 0.2) is 4.32 Å². The number of thioether (sulfide) groups is 1. The summed E-state index contributed by atoms with van der Waals surface area (Å²) in [6.45, 7) is 3.71. The van der Waals surface area contributed by atoms with E-state index in [1.54, 1.807) is 24.3 Å². The minimum absolute atomic E-state index is 0.0232. The van der Waals surface area contributed by atoms with Crippen molar-refractivity contribution in [2.24, 2.45) is 0 Å². The van der Waals surface area contributed by atoms with Crippen LogP contribution in [0.25, 0.3) is 17.4 Å². The summed E-state index contributed by atoms with van der Waals surface area (Å²) >= 11 is 9.98. The molecule has 6 nitrogen and oxygen atoms in total. The molecular formula is C22H15BrN2O4S2. The number of carbonyl (C=O) groups is 1. The molecule has 4 rings (SSSR count). The first-order chi connectivity index (χ1) is 14.7. The predicted octanol–water partition coefficient (Wildman–Crippen LogP) is 6.64. The number of benzene rings is 2. The molecule has 0 unspecified atom stereocenters. The van der Waals surface area contributed by atoms with E-state index in [1.165, 1.54) is 22.7 Å². The second-order valence-corrected chi connectivity index (χ2v) is 9.50. The van der Waals surface area contributed by atoms with Crippen LogP contribution in [-0.4, -0.2) is 15.2 Å². The third-order valence-electron chi connectivity index (χ3n) is 4.83. The smallest absolute Gasteiger partial charge is 0.280 e. The summed E-state index contributed by atoms with van der Waals surface area (Å²) < 4.78 is 7.11. The Morgan fingerprint density at radius 1 is 1.16 bits per heavy atom. The van der Waals surface area contributed by atoms with E-state index in [4.69, 9.17) is 16.6 Å². The van der Waals surface area contributed by atoms with Gasteiger partial charge >= 0.3 is 0 Å². The number of furan rings is 1. The molecule has 0 aliphatic carbocycles. The summed E-state index contributed by atoms with van der Waals surface area (Å²) in [6.07, 6.45) is 1.60. The van der Waals surface area contributed by atoms with E-state index in [2.05, 4.69) is 15.9 Å². The fourth-order valence-corrected chi connectivity index (χ4v) is 4.83. The minimum Gasteiger partial charge on any atom is -0.456 e. The van der Waals surface area contributed by atoms with E-state index in [0.29, 0.717) is 32.0 Å². The Morgan fingerprint density at radius 3 is 2.61 bits per heavy atom. The average Bonchev–Trinajstić information content (AvgIpc) is 3.28. The summed E-state index contributed by atoms with van der Waals surface area (Å²) in [5.74, 6) is 0.531. The fraction of sp³-hybridized carbons (Fsp3) is 0.0909. The number of amides is 1. The highest BCUT2D eigenvalue weighted by Crippen LogP contribution is 2.38. The zero-order valence-corrected chi connectivity index (χ0v) is 19.6. The van der Waals surface area contributed by atoms with Crippen LogP contribution in [0.15, 0.2) is 62.3 Å². The van der Waals surface area contributed by atoms with Crippen LogP contribution in [0.5, 0.6) is 0 Å². The molecule has 0 atom stereocenters. The fourth-order valence-electron chi connectivity index (χ4n) is 3.16. The molecule has 2 aromatic carbocycles. The quantitative estimate of drug-likeness (QED) is 0.168. The van der Waals surface area contributed by atoms with Gasteiger partial charge in [0.05, 0.1) is 21.1 Å². The van der Waals surface area contributed by atoms with Crippen molar-refractivity contribution < 1.29 is 14.1 Å². The monoisotopic (exact) mass is 514 g/mol. The van der Waals surface area contributed by atoms with Gasteiger partial charge in [0.1, 0.15) is 11.5 Å². The number of thiocarbonyl (C=S) groups is 1.